The van der Waals surface area contributed by atoms with Crippen molar-refractivity contribution in [2.24, 2.45) is 0 Å². The molecule has 3 nitrogen and oxygen atoms in total. The number of benzene rings is 1. The number of hydrogen-bond donors (Lipinski definition) is 0. The van der Waals surface area contributed by atoms with E-state index in [1.807, 2.05) is 0 Å². The maximum Gasteiger partial charge on any atom is 0.460 e. The summed E-state index contributed by atoms with van der Waals surface area (Å²) in [7, 11) is 0. The van der Waals surface area contributed by atoms with Crippen LogP contribution in [0.5, 0.6) is 5.75 Å². The molecule has 0 saturated carbocycles. The van der Waals surface area contributed by atoms with Gasteiger partial charge in [0.1, 0.15) is 5.75 Å². The quantitative estimate of drug-likeness (QED) is 0.140. The summed E-state index contributed by atoms with van der Waals surface area (Å²) in [6.07, 6.45) is 0.828. The average Bonchev–Trinajstić information content (AvgIpc) is 2.90. The maximum atomic E-state index is 13.9. The first-order valence-electron chi connectivity index (χ1n) is 12.7. The molecule has 0 spiro atoms. The van der Waals surface area contributed by atoms with Gasteiger partial charge in [-0.25, -0.2) is 9.97 Å². The van der Waals surface area contributed by atoms with Gasteiger partial charge in [-0.1, -0.05) is 51.9 Å². The number of aryl methyl sites for hydroxylation is 1. The maximum absolute atomic E-state index is 13.9. The lowest BCUT2D eigenvalue weighted by Crippen LogP contribution is -2.68. The molecule has 0 aliphatic heterocycles. The number of ether oxygens (including phenoxy) is 1. The predicted molar refractivity (Wildman–Crippen MR) is 125 cm³/mol. The zero-order chi connectivity index (χ0) is 31.1. The summed E-state index contributed by atoms with van der Waals surface area (Å²) in [5.41, 5.74) is 1.07. The Morgan fingerprint density at radius 2 is 1.15 bits per heavy atom. The summed E-state index contributed by atoms with van der Waals surface area (Å²) < 4.78 is 162. The molecule has 1 aromatic heterocycles. The molecule has 232 valence electrons. The second-order valence-corrected chi connectivity index (χ2v) is 9.44. The van der Waals surface area contributed by atoms with E-state index in [1.54, 1.807) is 12.4 Å². The Hall–Kier alpha value is -2.74. The van der Waals surface area contributed by atoms with Crippen molar-refractivity contribution in [3.63, 3.8) is 0 Å². The monoisotopic (exact) mass is 612 g/mol. The van der Waals surface area contributed by atoms with E-state index >= 15 is 0 Å². The summed E-state index contributed by atoms with van der Waals surface area (Å²) in [5.74, 6) is -30.5. The molecule has 0 bridgehead atoms. The smallest absolute Gasteiger partial charge is 0.454 e. The highest BCUT2D eigenvalue weighted by Crippen LogP contribution is 2.58. The molecule has 1 heterocycles. The van der Waals surface area contributed by atoms with E-state index in [9.17, 15) is 52.7 Å². The van der Waals surface area contributed by atoms with E-state index in [0.29, 0.717) is 0 Å². The molecule has 2 aromatic rings. The van der Waals surface area contributed by atoms with Gasteiger partial charge in [-0.3, -0.25) is 0 Å². The Balaban J connectivity index is 2.00. The number of nitrogens with zero attached hydrogens (tertiary/aromatic N) is 2. The number of alkyl halides is 12. The van der Waals surface area contributed by atoms with E-state index in [2.05, 4.69) is 21.6 Å². The fraction of sp³-hybridized carbons (Fsp3) is 0.615. The molecular weight excluding hydrogens is 584 g/mol. The van der Waals surface area contributed by atoms with E-state index < -0.39 is 42.0 Å². The van der Waals surface area contributed by atoms with Gasteiger partial charge in [0.05, 0.1) is 0 Å². The van der Waals surface area contributed by atoms with Gasteiger partial charge >= 0.3 is 36.2 Å². The number of halogens is 12. The SMILES string of the molecule is CCCCCCCCCCc1cnc(-c2ccc(OC(F)C(F)(F)C(F)(F)C(F)(F)C(F)(F)C(F)(F)F)cc2)nc1. The van der Waals surface area contributed by atoms with E-state index in [0.717, 1.165) is 55.5 Å². The van der Waals surface area contributed by atoms with Gasteiger partial charge in [0.25, 0.3) is 0 Å². The van der Waals surface area contributed by atoms with Crippen molar-refractivity contribution < 1.29 is 57.4 Å². The van der Waals surface area contributed by atoms with Crippen LogP contribution in [0.1, 0.15) is 63.9 Å². The number of hydrogen-bond acceptors (Lipinski definition) is 3. The molecule has 0 saturated heterocycles. The van der Waals surface area contributed by atoms with Crippen LogP contribution >= 0.6 is 0 Å². The molecule has 1 atom stereocenters. The minimum Gasteiger partial charge on any atom is -0.454 e. The van der Waals surface area contributed by atoms with Gasteiger partial charge in [-0.15, -0.1) is 0 Å². The number of aromatic nitrogens is 2. The van der Waals surface area contributed by atoms with Crippen LogP contribution in [0.4, 0.5) is 52.7 Å². The first kappa shape index (κ1) is 34.5. The Kier molecular flexibility index (Phi) is 11.3. The topological polar surface area (TPSA) is 35.0 Å². The Morgan fingerprint density at radius 1 is 0.659 bits per heavy atom. The molecule has 41 heavy (non-hydrogen) atoms. The van der Waals surface area contributed by atoms with Crippen LogP contribution in [0.2, 0.25) is 0 Å². The van der Waals surface area contributed by atoms with Crippen LogP contribution in [-0.2, 0) is 6.42 Å². The van der Waals surface area contributed by atoms with Crippen LogP contribution in [0.3, 0.4) is 0 Å². The highest BCUT2D eigenvalue weighted by molar-refractivity contribution is 5.55. The zero-order valence-corrected chi connectivity index (χ0v) is 21.7. The van der Waals surface area contributed by atoms with Crippen LogP contribution in [0.15, 0.2) is 36.7 Å². The van der Waals surface area contributed by atoms with Crippen LogP contribution in [0.25, 0.3) is 11.4 Å². The minimum atomic E-state index is -7.73. The molecule has 1 unspecified atom stereocenters. The lowest BCUT2D eigenvalue weighted by Gasteiger charge is -2.37. The van der Waals surface area contributed by atoms with Crippen LogP contribution in [-0.4, -0.2) is 46.2 Å². The first-order valence-corrected chi connectivity index (χ1v) is 12.7. The van der Waals surface area contributed by atoms with Gasteiger partial charge in [0.15, 0.2) is 5.82 Å². The predicted octanol–water partition coefficient (Wildman–Crippen LogP) is 9.60. The van der Waals surface area contributed by atoms with Crippen molar-refractivity contribution in [2.45, 2.75) is 101 Å². The molecule has 0 N–H and O–H groups in total. The minimum absolute atomic E-state index is 0.124. The third kappa shape index (κ3) is 7.76. The highest BCUT2D eigenvalue weighted by atomic mass is 19.4. The number of rotatable bonds is 16. The van der Waals surface area contributed by atoms with Gasteiger partial charge in [-0.05, 0) is 42.7 Å². The van der Waals surface area contributed by atoms with Gasteiger partial charge in [0, 0.05) is 18.0 Å². The lowest BCUT2D eigenvalue weighted by atomic mass is 9.98. The summed E-state index contributed by atoms with van der Waals surface area (Å²) >= 11 is 0. The summed E-state index contributed by atoms with van der Waals surface area (Å²) in [6.45, 7) is 2.15. The second-order valence-electron chi connectivity index (χ2n) is 9.44. The van der Waals surface area contributed by atoms with Crippen molar-refractivity contribution in [1.29, 1.82) is 0 Å². The molecular formula is C26H28F12N2O. The third-order valence-electron chi connectivity index (χ3n) is 6.22. The lowest BCUT2D eigenvalue weighted by molar-refractivity contribution is -0.432. The molecule has 2 rings (SSSR count). The molecule has 0 aliphatic rings. The molecule has 1 aromatic carbocycles. The highest BCUT2D eigenvalue weighted by Gasteiger charge is 2.88. The van der Waals surface area contributed by atoms with Gasteiger partial charge in [-0.2, -0.15) is 52.7 Å². The third-order valence-corrected chi connectivity index (χ3v) is 6.22. The Labute approximate surface area is 228 Å². The number of unbranched alkanes of at least 4 members (excludes halogenated alkanes) is 7. The van der Waals surface area contributed by atoms with Crippen molar-refractivity contribution in [1.82, 2.24) is 9.97 Å². The summed E-state index contributed by atoms with van der Waals surface area (Å²) in [6, 6.07) is 3.60. The average molecular weight is 612 g/mol. The van der Waals surface area contributed by atoms with E-state index in [-0.39, 0.29) is 11.4 Å². The second kappa shape index (κ2) is 13.5. The standard InChI is InChI=1S/C26H28F12N2O/c1-2-3-4-5-6-7-8-9-10-17-15-39-20(40-16-17)18-11-13-19(14-12-18)41-21(27)22(28,29)23(30,31)24(32,33)25(34,35)26(36,37)38/h11-16,21H,2-10H2,1H3. The Bertz CT molecular complexity index is 1070. The van der Waals surface area contributed by atoms with Crippen LogP contribution in [0, 0.1) is 0 Å². The van der Waals surface area contributed by atoms with Crippen molar-refractivity contribution in [3.05, 3.63) is 42.2 Å². The van der Waals surface area contributed by atoms with Crippen molar-refractivity contribution >= 4 is 0 Å². The van der Waals surface area contributed by atoms with Crippen molar-refractivity contribution in [2.75, 3.05) is 0 Å². The summed E-state index contributed by atoms with van der Waals surface area (Å²) in [4.78, 5) is 8.28. The molecule has 15 heteroatoms. The van der Waals surface area contributed by atoms with E-state index in [1.165, 1.54) is 32.1 Å². The Morgan fingerprint density at radius 3 is 1.63 bits per heavy atom. The molecule has 0 fully saturated rings. The molecule has 0 aliphatic carbocycles. The van der Waals surface area contributed by atoms with E-state index in [4.69, 9.17) is 0 Å². The normalized spacial score (nSPS) is 14.3. The zero-order valence-electron chi connectivity index (χ0n) is 21.7. The van der Waals surface area contributed by atoms with Gasteiger partial charge < -0.3 is 4.74 Å². The fourth-order valence-electron chi connectivity index (χ4n) is 3.70. The largest absolute Gasteiger partial charge is 0.460 e. The molecule has 0 radical (unpaired) electrons. The van der Waals surface area contributed by atoms with Gasteiger partial charge in [0.2, 0.25) is 0 Å². The fourth-order valence-corrected chi connectivity index (χ4v) is 3.70. The molecule has 0 amide bonds. The van der Waals surface area contributed by atoms with Crippen LogP contribution < -0.4 is 4.74 Å². The summed E-state index contributed by atoms with van der Waals surface area (Å²) in [5, 5.41) is 0. The van der Waals surface area contributed by atoms with Crippen molar-refractivity contribution in [3.8, 4) is 17.1 Å². The first-order chi connectivity index (χ1) is 18.9.